The number of amides is 2. The molecule has 7 nitrogen and oxygen atoms in total. The van der Waals surface area contributed by atoms with E-state index in [2.05, 4.69) is 13.5 Å². The zero-order valence-electron chi connectivity index (χ0n) is 16.7. The van der Waals surface area contributed by atoms with Crippen LogP contribution in [0, 0.1) is 0 Å². The van der Waals surface area contributed by atoms with E-state index in [0.717, 1.165) is 11.3 Å². The second-order valence-electron chi connectivity index (χ2n) is 5.30. The molecule has 0 aromatic rings. The molecule has 0 unspecified atom stereocenters. The van der Waals surface area contributed by atoms with Crippen LogP contribution in [-0.2, 0) is 23.9 Å². The van der Waals surface area contributed by atoms with Crippen LogP contribution in [0.5, 0.6) is 0 Å². The van der Waals surface area contributed by atoms with E-state index in [0.29, 0.717) is 12.2 Å². The quantitative estimate of drug-likeness (QED) is 0.361. The molecule has 0 bridgehead atoms. The average Bonchev–Trinajstić information content (AvgIpc) is 2.85. The molecule has 0 aromatic heterocycles. The summed E-state index contributed by atoms with van der Waals surface area (Å²) >= 11 is 0. The van der Waals surface area contributed by atoms with E-state index >= 15 is 0 Å². The number of allylic oxidation sites excluding steroid dienone is 1. The molecule has 1 heterocycles. The number of carbonyl (C=O) groups excluding carboxylic acids is 2. The molecular formula is C19H33NO6. The van der Waals surface area contributed by atoms with Gasteiger partial charge in [-0.2, -0.15) is 0 Å². The number of hydrogen-bond acceptors (Lipinski definition) is 5. The van der Waals surface area contributed by atoms with Gasteiger partial charge in [-0.3, -0.25) is 19.3 Å². The van der Waals surface area contributed by atoms with Gasteiger partial charge in [0, 0.05) is 11.6 Å². The Morgan fingerprint density at radius 1 is 1.15 bits per heavy atom. The molecular weight excluding hydrogens is 338 g/mol. The first-order valence-corrected chi connectivity index (χ1v) is 8.85. The molecule has 0 saturated carbocycles. The van der Waals surface area contributed by atoms with Gasteiger partial charge in [0.15, 0.2) is 0 Å². The van der Waals surface area contributed by atoms with E-state index < -0.39 is 5.97 Å². The van der Waals surface area contributed by atoms with Crippen molar-refractivity contribution in [1.82, 2.24) is 4.90 Å². The molecule has 1 aliphatic rings. The van der Waals surface area contributed by atoms with Gasteiger partial charge in [-0.05, 0) is 20.3 Å². The summed E-state index contributed by atoms with van der Waals surface area (Å²) in [5.74, 6) is -1.51. The van der Waals surface area contributed by atoms with E-state index in [9.17, 15) is 14.4 Å². The van der Waals surface area contributed by atoms with Gasteiger partial charge < -0.3 is 14.6 Å². The summed E-state index contributed by atoms with van der Waals surface area (Å²) < 4.78 is 10.2. The van der Waals surface area contributed by atoms with Crippen molar-refractivity contribution >= 4 is 17.8 Å². The number of imide groups is 1. The molecule has 0 atom stereocenters. The van der Waals surface area contributed by atoms with Gasteiger partial charge in [-0.25, -0.2) is 0 Å². The van der Waals surface area contributed by atoms with Gasteiger partial charge in [-0.1, -0.05) is 26.3 Å². The van der Waals surface area contributed by atoms with Gasteiger partial charge in [0.2, 0.25) is 0 Å². The first-order chi connectivity index (χ1) is 12.3. The maximum atomic E-state index is 11.5. The Morgan fingerprint density at radius 2 is 1.65 bits per heavy atom. The summed E-state index contributed by atoms with van der Waals surface area (Å²) in [6.07, 6.45) is 2.37. The van der Waals surface area contributed by atoms with Crippen LogP contribution in [-0.4, -0.2) is 60.8 Å². The highest BCUT2D eigenvalue weighted by molar-refractivity contribution is 6.15. The number of carboxylic acids is 1. The molecule has 0 aromatic carbocycles. The molecule has 1 aliphatic heterocycles. The number of carboxylic acid groups (broad SMARTS) is 1. The maximum Gasteiger partial charge on any atom is 0.305 e. The van der Waals surface area contributed by atoms with Gasteiger partial charge in [0.05, 0.1) is 39.4 Å². The Morgan fingerprint density at radius 3 is 2.04 bits per heavy atom. The summed E-state index contributed by atoms with van der Waals surface area (Å²) in [4.78, 5) is 34.2. The lowest BCUT2D eigenvalue weighted by atomic mass is 10.3. The molecule has 0 aliphatic carbocycles. The van der Waals surface area contributed by atoms with Crippen LogP contribution in [0.25, 0.3) is 0 Å². The second kappa shape index (κ2) is 16.5. The lowest BCUT2D eigenvalue weighted by molar-refractivity contribution is -0.139. The zero-order chi connectivity index (χ0) is 20.5. The fraction of sp³-hybridized carbons (Fsp3) is 0.632. The number of carbonyl (C=O) groups is 3. The van der Waals surface area contributed by atoms with Crippen molar-refractivity contribution in [1.29, 1.82) is 0 Å². The summed E-state index contributed by atoms with van der Waals surface area (Å²) in [6, 6.07) is 0. The van der Waals surface area contributed by atoms with E-state index in [-0.39, 0.29) is 44.6 Å². The van der Waals surface area contributed by atoms with Crippen molar-refractivity contribution in [3.05, 3.63) is 23.8 Å². The second-order valence-corrected chi connectivity index (χ2v) is 5.30. The normalized spacial score (nSPS) is 12.7. The van der Waals surface area contributed by atoms with Gasteiger partial charge in [-0.15, -0.1) is 6.58 Å². The van der Waals surface area contributed by atoms with Crippen LogP contribution >= 0.6 is 0 Å². The van der Waals surface area contributed by atoms with Crippen molar-refractivity contribution in [2.24, 2.45) is 0 Å². The third-order valence-electron chi connectivity index (χ3n) is 3.08. The third kappa shape index (κ3) is 13.3. The molecule has 2 amide bonds. The van der Waals surface area contributed by atoms with Crippen LogP contribution in [0.4, 0.5) is 0 Å². The Kier molecular flexibility index (Phi) is 16.6. The number of nitrogens with zero attached hydrogens (tertiary/aromatic N) is 1. The van der Waals surface area contributed by atoms with Crippen LogP contribution in [0.1, 0.15) is 47.5 Å². The standard InChI is InChI=1S/C12H17NO6.C5H10.C2H6/c1-9-8-10(14)13(12(9)17)3-5-19-7-6-18-4-2-11(15)16;1-4-5(2)3;1-2/h8H,2-7H2,1H3,(H,15,16);2,4H2,1,3H3;1-2H3. The molecule has 1 N–H and O–H groups in total. The van der Waals surface area contributed by atoms with E-state index in [1.54, 1.807) is 6.92 Å². The van der Waals surface area contributed by atoms with E-state index in [1.165, 1.54) is 11.6 Å². The monoisotopic (exact) mass is 371 g/mol. The molecule has 150 valence electrons. The number of hydrogen-bond donors (Lipinski definition) is 1. The molecule has 1 rings (SSSR count). The molecule has 0 saturated heterocycles. The summed E-state index contributed by atoms with van der Waals surface area (Å²) in [6.45, 7) is 14.6. The Balaban J connectivity index is 0. The maximum absolute atomic E-state index is 11.5. The summed E-state index contributed by atoms with van der Waals surface area (Å²) in [7, 11) is 0. The highest BCUT2D eigenvalue weighted by Crippen LogP contribution is 2.10. The third-order valence-corrected chi connectivity index (χ3v) is 3.08. The number of ether oxygens (including phenoxy) is 2. The fourth-order valence-electron chi connectivity index (χ4n) is 1.49. The van der Waals surface area contributed by atoms with Crippen molar-refractivity contribution in [2.75, 3.05) is 33.0 Å². The largest absolute Gasteiger partial charge is 0.481 e. The lowest BCUT2D eigenvalue weighted by Crippen LogP contribution is -2.34. The fourth-order valence-corrected chi connectivity index (χ4v) is 1.49. The van der Waals surface area contributed by atoms with Crippen molar-refractivity contribution in [2.45, 2.75) is 47.5 Å². The predicted molar refractivity (Wildman–Crippen MR) is 101 cm³/mol. The van der Waals surface area contributed by atoms with Crippen molar-refractivity contribution in [3.8, 4) is 0 Å². The predicted octanol–water partition coefficient (Wildman–Crippen LogP) is 2.81. The van der Waals surface area contributed by atoms with Gasteiger partial charge >= 0.3 is 5.97 Å². The molecule has 26 heavy (non-hydrogen) atoms. The Bertz CT molecular complexity index is 484. The van der Waals surface area contributed by atoms with E-state index in [1.807, 2.05) is 20.8 Å². The first-order valence-electron chi connectivity index (χ1n) is 8.85. The average molecular weight is 371 g/mol. The molecule has 0 radical (unpaired) electrons. The lowest BCUT2D eigenvalue weighted by Gasteiger charge is -2.14. The topological polar surface area (TPSA) is 93.1 Å². The minimum Gasteiger partial charge on any atom is -0.481 e. The van der Waals surface area contributed by atoms with Crippen molar-refractivity contribution in [3.63, 3.8) is 0 Å². The summed E-state index contributed by atoms with van der Waals surface area (Å²) in [5.41, 5.74) is 1.69. The summed E-state index contributed by atoms with van der Waals surface area (Å²) in [5, 5.41) is 8.36. The van der Waals surface area contributed by atoms with Crippen LogP contribution in [0.2, 0.25) is 0 Å². The Hall–Kier alpha value is -1.99. The highest BCUT2D eigenvalue weighted by atomic mass is 16.5. The minimum absolute atomic E-state index is 0.0400. The SMILES string of the molecule is C=C(C)CC.CC.CC1=CC(=O)N(CCOCCOCCC(=O)O)C1=O. The van der Waals surface area contributed by atoms with Gasteiger partial charge in [0.1, 0.15) is 0 Å². The zero-order valence-corrected chi connectivity index (χ0v) is 16.7. The van der Waals surface area contributed by atoms with Crippen LogP contribution < -0.4 is 0 Å². The van der Waals surface area contributed by atoms with Crippen molar-refractivity contribution < 1.29 is 29.0 Å². The molecule has 0 fully saturated rings. The number of rotatable bonds is 10. The van der Waals surface area contributed by atoms with Crippen LogP contribution in [0.15, 0.2) is 23.8 Å². The smallest absolute Gasteiger partial charge is 0.305 e. The highest BCUT2D eigenvalue weighted by Gasteiger charge is 2.27. The number of aliphatic carboxylic acids is 1. The van der Waals surface area contributed by atoms with Gasteiger partial charge in [0.25, 0.3) is 11.8 Å². The van der Waals surface area contributed by atoms with Crippen LogP contribution in [0.3, 0.4) is 0 Å². The minimum atomic E-state index is -0.908. The molecule has 7 heteroatoms. The van der Waals surface area contributed by atoms with E-state index in [4.69, 9.17) is 14.6 Å². The first kappa shape index (κ1) is 26.2. The Labute approximate surface area is 156 Å². The molecule has 0 spiro atoms.